The van der Waals surface area contributed by atoms with Gasteiger partial charge in [-0.2, -0.15) is 0 Å². The first-order valence-electron chi connectivity index (χ1n) is 8.39. The molecule has 0 aliphatic carbocycles. The van der Waals surface area contributed by atoms with Crippen molar-refractivity contribution in [2.75, 3.05) is 19.6 Å². The Labute approximate surface area is 163 Å². The lowest BCUT2D eigenvalue weighted by atomic mass is 9.98. The van der Waals surface area contributed by atoms with Gasteiger partial charge in [-0.3, -0.25) is 4.79 Å². The molecule has 3 rings (SSSR count). The number of hydrogen-bond acceptors (Lipinski definition) is 4. The zero-order chi connectivity index (χ0) is 16.9. The number of carboxylic acid groups (broad SMARTS) is 1. The molecule has 0 aromatic carbocycles. The van der Waals surface area contributed by atoms with Crippen LogP contribution in [0.5, 0.6) is 0 Å². The first kappa shape index (κ1) is 20.2. The highest BCUT2D eigenvalue weighted by Gasteiger charge is 2.24. The van der Waals surface area contributed by atoms with E-state index in [0.29, 0.717) is 6.54 Å². The van der Waals surface area contributed by atoms with E-state index < -0.39 is 5.97 Å². The predicted molar refractivity (Wildman–Crippen MR) is 109 cm³/mol. The van der Waals surface area contributed by atoms with Gasteiger partial charge < -0.3 is 10.0 Å². The summed E-state index contributed by atoms with van der Waals surface area (Å²) in [6.07, 6.45) is 5.09. The Balaban J connectivity index is 0.00000225. The van der Waals surface area contributed by atoms with Crippen molar-refractivity contribution in [1.82, 2.24) is 4.90 Å². The molecule has 0 amide bonds. The molecule has 1 aliphatic rings. The topological polar surface area (TPSA) is 40.5 Å². The molecule has 25 heavy (non-hydrogen) atoms. The SMILES string of the molecule is Cc1ccsc1/C(=C\CCN1CCC[C@@H](C(=O)O)C1)c1cccs1.Cl. The first-order valence-corrected chi connectivity index (χ1v) is 10.1. The number of carbonyl (C=O) groups is 1. The third kappa shape index (κ3) is 5.17. The minimum Gasteiger partial charge on any atom is -0.481 e. The number of nitrogens with zero attached hydrogens (tertiary/aromatic N) is 1. The molecule has 2 aromatic rings. The lowest BCUT2D eigenvalue weighted by molar-refractivity contribution is -0.143. The first-order chi connectivity index (χ1) is 11.6. The van der Waals surface area contributed by atoms with E-state index >= 15 is 0 Å². The van der Waals surface area contributed by atoms with E-state index in [1.807, 2.05) is 0 Å². The zero-order valence-electron chi connectivity index (χ0n) is 14.3. The Morgan fingerprint density at radius 1 is 1.36 bits per heavy atom. The number of piperidine rings is 1. The van der Waals surface area contributed by atoms with Crippen LogP contribution in [0.1, 0.15) is 34.6 Å². The maximum Gasteiger partial charge on any atom is 0.307 e. The fraction of sp³-hybridized carbons (Fsp3) is 0.421. The number of hydrogen-bond donors (Lipinski definition) is 1. The Hall–Kier alpha value is -1.14. The summed E-state index contributed by atoms with van der Waals surface area (Å²) in [5.41, 5.74) is 2.65. The standard InChI is InChI=1S/C19H23NO2S2.ClH/c1-14-8-12-24-18(14)16(17-7-4-11-23-17)6-3-10-20-9-2-5-15(13-20)19(21)22;/h4,6-8,11-12,15H,2-3,5,9-10,13H2,1H3,(H,21,22);1H/b16-6-;/t15-;/m1./s1. The molecule has 0 spiro atoms. The third-order valence-electron chi connectivity index (χ3n) is 4.54. The van der Waals surface area contributed by atoms with Gasteiger partial charge in [-0.25, -0.2) is 0 Å². The minimum absolute atomic E-state index is 0. The molecule has 1 N–H and O–H groups in total. The molecule has 0 saturated carbocycles. The lowest BCUT2D eigenvalue weighted by Gasteiger charge is -2.30. The van der Waals surface area contributed by atoms with Crippen molar-refractivity contribution in [3.63, 3.8) is 0 Å². The quantitative estimate of drug-likeness (QED) is 0.731. The summed E-state index contributed by atoms with van der Waals surface area (Å²) in [6, 6.07) is 6.44. The predicted octanol–water partition coefficient (Wildman–Crippen LogP) is 5.16. The number of aryl methyl sites for hydroxylation is 1. The van der Waals surface area contributed by atoms with Gasteiger partial charge in [-0.15, -0.1) is 35.1 Å². The number of likely N-dealkylation sites (tertiary alicyclic amines) is 1. The fourth-order valence-corrected chi connectivity index (χ4v) is 5.06. The van der Waals surface area contributed by atoms with Gasteiger partial charge in [0.25, 0.3) is 0 Å². The molecule has 0 bridgehead atoms. The molecular formula is C19H24ClNO2S2. The van der Waals surface area contributed by atoms with Gasteiger partial charge in [0.2, 0.25) is 0 Å². The van der Waals surface area contributed by atoms with Crippen LogP contribution in [0.15, 0.2) is 35.0 Å². The maximum atomic E-state index is 11.2. The second-order valence-electron chi connectivity index (χ2n) is 6.29. The number of carboxylic acids is 1. The third-order valence-corrected chi connectivity index (χ3v) is 6.49. The van der Waals surface area contributed by atoms with Crippen LogP contribution < -0.4 is 0 Å². The molecular weight excluding hydrogens is 374 g/mol. The Morgan fingerprint density at radius 2 is 2.20 bits per heavy atom. The van der Waals surface area contributed by atoms with Crippen molar-refractivity contribution < 1.29 is 9.90 Å². The van der Waals surface area contributed by atoms with Crippen LogP contribution in [0, 0.1) is 12.8 Å². The minimum atomic E-state index is -0.649. The van der Waals surface area contributed by atoms with Gasteiger partial charge in [0.1, 0.15) is 0 Å². The molecule has 1 saturated heterocycles. The number of aliphatic carboxylic acids is 1. The molecule has 0 radical (unpaired) electrons. The smallest absolute Gasteiger partial charge is 0.307 e. The van der Waals surface area contributed by atoms with E-state index in [2.05, 4.69) is 46.9 Å². The van der Waals surface area contributed by atoms with Crippen LogP contribution in [0.2, 0.25) is 0 Å². The summed E-state index contributed by atoms with van der Waals surface area (Å²) in [7, 11) is 0. The number of thiophene rings is 2. The average molecular weight is 398 g/mol. The maximum absolute atomic E-state index is 11.2. The Kier molecular flexibility index (Phi) is 7.69. The van der Waals surface area contributed by atoms with Crippen molar-refractivity contribution in [1.29, 1.82) is 0 Å². The van der Waals surface area contributed by atoms with Crippen molar-refractivity contribution >= 4 is 46.6 Å². The summed E-state index contributed by atoms with van der Waals surface area (Å²) < 4.78 is 0. The van der Waals surface area contributed by atoms with Crippen molar-refractivity contribution in [2.45, 2.75) is 26.2 Å². The van der Waals surface area contributed by atoms with Crippen LogP contribution in [0.25, 0.3) is 5.57 Å². The molecule has 0 unspecified atom stereocenters. The van der Waals surface area contributed by atoms with Gasteiger partial charge in [0.05, 0.1) is 5.92 Å². The highest BCUT2D eigenvalue weighted by molar-refractivity contribution is 7.13. The number of rotatable bonds is 6. The van der Waals surface area contributed by atoms with Crippen molar-refractivity contribution in [3.8, 4) is 0 Å². The van der Waals surface area contributed by atoms with Gasteiger partial charge in [0, 0.05) is 28.4 Å². The van der Waals surface area contributed by atoms with Gasteiger partial charge >= 0.3 is 5.97 Å². The summed E-state index contributed by atoms with van der Waals surface area (Å²) in [5, 5.41) is 13.5. The van der Waals surface area contributed by atoms with Crippen molar-refractivity contribution in [3.05, 3.63) is 50.4 Å². The molecule has 3 heterocycles. The van der Waals surface area contributed by atoms with Gasteiger partial charge in [-0.05, 0) is 61.2 Å². The molecule has 2 aromatic heterocycles. The second kappa shape index (κ2) is 9.53. The zero-order valence-corrected chi connectivity index (χ0v) is 16.8. The molecule has 3 nitrogen and oxygen atoms in total. The van der Waals surface area contributed by atoms with E-state index in [1.165, 1.54) is 20.9 Å². The summed E-state index contributed by atoms with van der Waals surface area (Å²) in [6.45, 7) is 4.80. The summed E-state index contributed by atoms with van der Waals surface area (Å²) in [5.74, 6) is -0.845. The lowest BCUT2D eigenvalue weighted by Crippen LogP contribution is -2.39. The van der Waals surface area contributed by atoms with Crippen LogP contribution in [0.3, 0.4) is 0 Å². The normalized spacial score (nSPS) is 18.8. The van der Waals surface area contributed by atoms with E-state index in [-0.39, 0.29) is 18.3 Å². The molecule has 1 atom stereocenters. The van der Waals surface area contributed by atoms with Crippen LogP contribution in [-0.2, 0) is 4.79 Å². The van der Waals surface area contributed by atoms with Crippen LogP contribution in [-0.4, -0.2) is 35.6 Å². The summed E-state index contributed by atoms with van der Waals surface area (Å²) >= 11 is 3.57. The highest BCUT2D eigenvalue weighted by atomic mass is 35.5. The van der Waals surface area contributed by atoms with Gasteiger partial charge in [-0.1, -0.05) is 12.1 Å². The van der Waals surface area contributed by atoms with Crippen molar-refractivity contribution in [2.24, 2.45) is 5.92 Å². The highest BCUT2D eigenvalue weighted by Crippen LogP contribution is 2.33. The van der Waals surface area contributed by atoms with Crippen LogP contribution in [0.4, 0.5) is 0 Å². The summed E-state index contributed by atoms with van der Waals surface area (Å²) in [4.78, 5) is 16.1. The van der Waals surface area contributed by atoms with E-state index in [0.717, 1.165) is 32.4 Å². The second-order valence-corrected chi connectivity index (χ2v) is 8.16. The fourth-order valence-electron chi connectivity index (χ4n) is 3.24. The Morgan fingerprint density at radius 3 is 2.84 bits per heavy atom. The van der Waals surface area contributed by atoms with E-state index in [1.54, 1.807) is 22.7 Å². The molecule has 1 aliphatic heterocycles. The Bertz CT molecular complexity index is 709. The molecule has 6 heteroatoms. The molecule has 136 valence electrons. The van der Waals surface area contributed by atoms with Gasteiger partial charge in [0.15, 0.2) is 0 Å². The van der Waals surface area contributed by atoms with E-state index in [4.69, 9.17) is 0 Å². The molecule has 1 fully saturated rings. The van der Waals surface area contributed by atoms with Crippen LogP contribution >= 0.6 is 35.1 Å². The number of halogens is 1. The monoisotopic (exact) mass is 397 g/mol. The largest absolute Gasteiger partial charge is 0.481 e. The average Bonchev–Trinajstić information content (AvgIpc) is 3.24. The van der Waals surface area contributed by atoms with E-state index in [9.17, 15) is 9.90 Å².